The highest BCUT2D eigenvalue weighted by Crippen LogP contribution is 2.25. The summed E-state index contributed by atoms with van der Waals surface area (Å²) < 4.78 is 2.25. The van der Waals surface area contributed by atoms with Gasteiger partial charge in [0.05, 0.1) is 5.69 Å². The number of hydrogen-bond donors (Lipinski definition) is 2. The van der Waals surface area contributed by atoms with Gasteiger partial charge in [-0.25, -0.2) is 9.97 Å². The molecule has 0 spiro atoms. The number of fused-ring (bicyclic) bond motifs is 2. The van der Waals surface area contributed by atoms with Crippen LogP contribution in [0.5, 0.6) is 0 Å². The second-order valence-electron chi connectivity index (χ2n) is 6.60. The van der Waals surface area contributed by atoms with Crippen molar-refractivity contribution < 1.29 is 5.11 Å². The van der Waals surface area contributed by atoms with Crippen LogP contribution in [0.25, 0.3) is 10.9 Å². The maximum absolute atomic E-state index is 9.14. The zero-order chi connectivity index (χ0) is 17.2. The average molecular weight is 337 g/mol. The minimum atomic E-state index is 0.216. The molecule has 130 valence electrons. The van der Waals surface area contributed by atoms with Crippen LogP contribution in [0.4, 0.5) is 5.95 Å². The van der Waals surface area contributed by atoms with Gasteiger partial charge in [-0.05, 0) is 18.1 Å². The second kappa shape index (κ2) is 6.82. The number of aryl methyl sites for hydroxylation is 1. The molecule has 2 aromatic heterocycles. The number of hydrogen-bond acceptors (Lipinski definition) is 5. The number of aromatic nitrogens is 3. The van der Waals surface area contributed by atoms with Gasteiger partial charge in [0, 0.05) is 68.1 Å². The van der Waals surface area contributed by atoms with Crippen molar-refractivity contribution >= 4 is 16.9 Å². The van der Waals surface area contributed by atoms with Crippen molar-refractivity contribution in [3.8, 4) is 0 Å². The summed E-state index contributed by atoms with van der Waals surface area (Å²) in [6.45, 7) is 3.78. The number of para-hydroxylation sites is 1. The van der Waals surface area contributed by atoms with Gasteiger partial charge in [-0.15, -0.1) is 0 Å². The lowest BCUT2D eigenvalue weighted by Crippen LogP contribution is -2.31. The van der Waals surface area contributed by atoms with Crippen molar-refractivity contribution in [2.75, 3.05) is 18.9 Å². The van der Waals surface area contributed by atoms with Crippen LogP contribution in [0, 0.1) is 0 Å². The number of aliphatic hydroxyl groups is 1. The Bertz CT molecular complexity index is 889. The topological polar surface area (TPSA) is 80.2 Å². The number of aliphatic hydroxyl groups excluding tert-OH is 1. The number of nitrogen functional groups attached to an aromatic ring is 1. The van der Waals surface area contributed by atoms with Crippen LogP contribution >= 0.6 is 0 Å². The zero-order valence-electron chi connectivity index (χ0n) is 14.2. The number of nitrogens with two attached hydrogens (primary N) is 1. The highest BCUT2D eigenvalue weighted by Gasteiger charge is 2.19. The molecule has 0 atom stereocenters. The van der Waals surface area contributed by atoms with Crippen LogP contribution in [0.3, 0.4) is 0 Å². The van der Waals surface area contributed by atoms with Gasteiger partial charge < -0.3 is 15.4 Å². The van der Waals surface area contributed by atoms with Gasteiger partial charge in [-0.1, -0.05) is 18.2 Å². The molecule has 0 unspecified atom stereocenters. The summed E-state index contributed by atoms with van der Waals surface area (Å²) in [5.41, 5.74) is 10.5. The molecule has 6 heteroatoms. The molecule has 0 saturated heterocycles. The summed E-state index contributed by atoms with van der Waals surface area (Å²) in [6.07, 6.45) is 5.77. The first-order valence-corrected chi connectivity index (χ1v) is 8.75. The fraction of sp³-hybridized carbons (Fsp3) is 0.368. The van der Waals surface area contributed by atoms with Crippen LogP contribution in [0.2, 0.25) is 0 Å². The smallest absolute Gasteiger partial charge is 0.220 e. The Labute approximate surface area is 146 Å². The van der Waals surface area contributed by atoms with Crippen molar-refractivity contribution in [2.24, 2.45) is 0 Å². The highest BCUT2D eigenvalue weighted by molar-refractivity contribution is 5.83. The monoisotopic (exact) mass is 337 g/mol. The van der Waals surface area contributed by atoms with E-state index in [-0.39, 0.29) is 6.61 Å². The normalized spacial score (nSPS) is 14.8. The van der Waals surface area contributed by atoms with E-state index in [1.54, 1.807) is 0 Å². The molecule has 1 aliphatic rings. The molecule has 0 aliphatic carbocycles. The largest absolute Gasteiger partial charge is 0.396 e. The van der Waals surface area contributed by atoms with E-state index in [1.165, 1.54) is 22.0 Å². The number of nitrogens with zero attached hydrogens (tertiary/aromatic N) is 4. The average Bonchev–Trinajstić information content (AvgIpc) is 2.98. The van der Waals surface area contributed by atoms with Crippen molar-refractivity contribution in [1.29, 1.82) is 0 Å². The Morgan fingerprint density at radius 1 is 1.24 bits per heavy atom. The molecule has 0 saturated carbocycles. The molecular formula is C19H23N5O. The predicted octanol–water partition coefficient (Wildman–Crippen LogP) is 1.95. The number of benzene rings is 1. The first kappa shape index (κ1) is 16.1. The molecule has 4 rings (SSSR count). The van der Waals surface area contributed by atoms with E-state index in [1.807, 2.05) is 6.20 Å². The van der Waals surface area contributed by atoms with E-state index in [4.69, 9.17) is 10.8 Å². The molecular weight excluding hydrogens is 314 g/mol. The predicted molar refractivity (Wildman–Crippen MR) is 97.9 cm³/mol. The lowest BCUT2D eigenvalue weighted by atomic mass is 10.1. The van der Waals surface area contributed by atoms with Crippen molar-refractivity contribution in [2.45, 2.75) is 32.5 Å². The minimum absolute atomic E-state index is 0.216. The van der Waals surface area contributed by atoms with Crippen molar-refractivity contribution in [3.05, 3.63) is 53.5 Å². The summed E-state index contributed by atoms with van der Waals surface area (Å²) in [5.74, 6) is 0.360. The molecule has 6 nitrogen and oxygen atoms in total. The van der Waals surface area contributed by atoms with Crippen LogP contribution in [-0.2, 0) is 26.1 Å². The number of anilines is 1. The summed E-state index contributed by atoms with van der Waals surface area (Å²) in [6, 6.07) is 8.49. The van der Waals surface area contributed by atoms with Crippen molar-refractivity contribution in [3.63, 3.8) is 0 Å². The molecule has 3 aromatic rings. The first-order valence-electron chi connectivity index (χ1n) is 8.75. The van der Waals surface area contributed by atoms with E-state index < -0.39 is 0 Å². The van der Waals surface area contributed by atoms with Crippen LogP contribution < -0.4 is 5.73 Å². The van der Waals surface area contributed by atoms with E-state index in [2.05, 4.69) is 49.9 Å². The maximum Gasteiger partial charge on any atom is 0.220 e. The molecule has 0 radical (unpaired) electrons. The quantitative estimate of drug-likeness (QED) is 0.744. The molecule has 0 fully saturated rings. The standard InChI is InChI=1S/C19H23N5O/c20-19-21-10-14-11-23(8-6-17(14)22-19)12-15-13-24(7-3-9-25)18-5-2-1-4-16(15)18/h1-2,4-5,10,13,25H,3,6-9,11-12H2,(H2,20,21,22). The summed E-state index contributed by atoms with van der Waals surface area (Å²) >= 11 is 0. The SMILES string of the molecule is Nc1ncc2c(n1)CCN(Cc1cn(CCCO)c3ccccc13)C2. The maximum atomic E-state index is 9.14. The molecule has 0 amide bonds. The molecule has 1 aromatic carbocycles. The highest BCUT2D eigenvalue weighted by atomic mass is 16.3. The third kappa shape index (κ3) is 3.23. The van der Waals surface area contributed by atoms with Gasteiger partial charge in [0.2, 0.25) is 5.95 Å². The molecule has 25 heavy (non-hydrogen) atoms. The van der Waals surface area contributed by atoms with Gasteiger partial charge in [0.1, 0.15) is 0 Å². The lowest BCUT2D eigenvalue weighted by molar-refractivity contribution is 0.243. The van der Waals surface area contributed by atoms with E-state index >= 15 is 0 Å². The third-order valence-electron chi connectivity index (χ3n) is 4.85. The molecule has 1 aliphatic heterocycles. The van der Waals surface area contributed by atoms with Crippen LogP contribution in [0.15, 0.2) is 36.7 Å². The minimum Gasteiger partial charge on any atom is -0.396 e. The Hall–Kier alpha value is -2.44. The lowest BCUT2D eigenvalue weighted by Gasteiger charge is -2.27. The molecule has 0 bridgehead atoms. The summed E-state index contributed by atoms with van der Waals surface area (Å²) in [7, 11) is 0. The van der Waals surface area contributed by atoms with E-state index in [0.717, 1.165) is 44.7 Å². The Balaban J connectivity index is 1.58. The third-order valence-corrected chi connectivity index (χ3v) is 4.85. The molecule has 3 heterocycles. The second-order valence-corrected chi connectivity index (χ2v) is 6.60. The van der Waals surface area contributed by atoms with E-state index in [9.17, 15) is 0 Å². The van der Waals surface area contributed by atoms with Gasteiger partial charge >= 0.3 is 0 Å². The van der Waals surface area contributed by atoms with Crippen molar-refractivity contribution in [1.82, 2.24) is 19.4 Å². The fourth-order valence-electron chi connectivity index (χ4n) is 3.64. The van der Waals surface area contributed by atoms with Gasteiger partial charge in [0.25, 0.3) is 0 Å². The van der Waals surface area contributed by atoms with E-state index in [0.29, 0.717) is 5.95 Å². The number of rotatable bonds is 5. The van der Waals surface area contributed by atoms with Gasteiger partial charge in [-0.3, -0.25) is 4.90 Å². The van der Waals surface area contributed by atoms with Gasteiger partial charge in [-0.2, -0.15) is 0 Å². The van der Waals surface area contributed by atoms with Crippen LogP contribution in [-0.4, -0.2) is 37.7 Å². The Morgan fingerprint density at radius 3 is 3.00 bits per heavy atom. The first-order chi connectivity index (χ1) is 12.2. The summed E-state index contributed by atoms with van der Waals surface area (Å²) in [5, 5.41) is 10.4. The molecule has 3 N–H and O–H groups in total. The Morgan fingerprint density at radius 2 is 2.12 bits per heavy atom. The summed E-state index contributed by atoms with van der Waals surface area (Å²) in [4.78, 5) is 10.9. The fourth-order valence-corrected chi connectivity index (χ4v) is 3.64. The van der Waals surface area contributed by atoms with Crippen LogP contribution in [0.1, 0.15) is 23.2 Å². The Kier molecular flexibility index (Phi) is 4.38. The van der Waals surface area contributed by atoms with Gasteiger partial charge in [0.15, 0.2) is 0 Å². The zero-order valence-corrected chi connectivity index (χ0v) is 14.2.